The standard InChI is InChI=1S/C9H19NS/c1-5-7-10(8(3)4)9(11)6-2/h8H,5-7H2,1-4H3. The van der Waals surface area contributed by atoms with Crippen LogP contribution in [-0.2, 0) is 0 Å². The maximum Gasteiger partial charge on any atom is 0.0778 e. The van der Waals surface area contributed by atoms with Gasteiger partial charge in [0, 0.05) is 12.6 Å². The zero-order valence-electron chi connectivity index (χ0n) is 8.05. The van der Waals surface area contributed by atoms with Crippen LogP contribution < -0.4 is 0 Å². The lowest BCUT2D eigenvalue weighted by Gasteiger charge is -2.28. The zero-order valence-corrected chi connectivity index (χ0v) is 8.87. The lowest BCUT2D eigenvalue weighted by molar-refractivity contribution is 0.350. The van der Waals surface area contributed by atoms with E-state index in [4.69, 9.17) is 12.2 Å². The Bertz CT molecular complexity index is 121. The molecule has 66 valence electrons. The summed E-state index contributed by atoms with van der Waals surface area (Å²) in [4.78, 5) is 3.40. The SMILES string of the molecule is CCCN(C(=S)CC)C(C)C. The molecule has 2 heteroatoms. The molecule has 0 saturated heterocycles. The highest BCUT2D eigenvalue weighted by Gasteiger charge is 2.09. The molecular formula is C9H19NS. The van der Waals surface area contributed by atoms with Crippen LogP contribution in [0.4, 0.5) is 0 Å². The molecule has 0 aliphatic rings. The molecule has 0 aromatic heterocycles. The van der Waals surface area contributed by atoms with Crippen LogP contribution in [0.1, 0.15) is 40.5 Å². The first-order valence-corrected chi connectivity index (χ1v) is 4.83. The summed E-state index contributed by atoms with van der Waals surface area (Å²) in [5, 5.41) is 0. The third kappa shape index (κ3) is 3.71. The van der Waals surface area contributed by atoms with E-state index in [2.05, 4.69) is 32.6 Å². The Labute approximate surface area is 75.8 Å². The van der Waals surface area contributed by atoms with Gasteiger partial charge in [0.15, 0.2) is 0 Å². The van der Waals surface area contributed by atoms with E-state index in [0.717, 1.165) is 18.0 Å². The highest BCUT2D eigenvalue weighted by atomic mass is 32.1. The Morgan fingerprint density at radius 3 is 2.18 bits per heavy atom. The van der Waals surface area contributed by atoms with Crippen molar-refractivity contribution < 1.29 is 0 Å². The van der Waals surface area contributed by atoms with Crippen LogP contribution in [-0.4, -0.2) is 22.5 Å². The third-order valence-electron chi connectivity index (χ3n) is 1.71. The first kappa shape index (κ1) is 10.9. The number of rotatable bonds is 4. The van der Waals surface area contributed by atoms with E-state index in [1.54, 1.807) is 0 Å². The molecule has 0 radical (unpaired) electrons. The van der Waals surface area contributed by atoms with Crippen LogP contribution in [0.5, 0.6) is 0 Å². The normalized spacial score (nSPS) is 10.3. The summed E-state index contributed by atoms with van der Waals surface area (Å²) in [6.07, 6.45) is 2.17. The summed E-state index contributed by atoms with van der Waals surface area (Å²) < 4.78 is 0. The fraction of sp³-hybridized carbons (Fsp3) is 0.889. The smallest absolute Gasteiger partial charge is 0.0778 e. The van der Waals surface area contributed by atoms with Gasteiger partial charge in [0.2, 0.25) is 0 Å². The maximum atomic E-state index is 5.24. The average molecular weight is 173 g/mol. The minimum atomic E-state index is 0.558. The van der Waals surface area contributed by atoms with Crippen molar-refractivity contribution in [3.63, 3.8) is 0 Å². The van der Waals surface area contributed by atoms with Gasteiger partial charge in [-0.3, -0.25) is 0 Å². The summed E-state index contributed by atoms with van der Waals surface area (Å²) in [6, 6.07) is 0.558. The molecule has 0 spiro atoms. The number of hydrogen-bond donors (Lipinski definition) is 0. The third-order valence-corrected chi connectivity index (χ3v) is 2.23. The molecule has 0 unspecified atom stereocenters. The van der Waals surface area contributed by atoms with Crippen LogP contribution >= 0.6 is 12.2 Å². The molecule has 0 rings (SSSR count). The molecule has 0 aliphatic carbocycles. The molecule has 0 N–H and O–H groups in total. The van der Waals surface area contributed by atoms with Crippen molar-refractivity contribution in [2.75, 3.05) is 6.54 Å². The van der Waals surface area contributed by atoms with Gasteiger partial charge in [0.25, 0.3) is 0 Å². The predicted octanol–water partition coefficient (Wildman–Crippen LogP) is 2.84. The van der Waals surface area contributed by atoms with E-state index < -0.39 is 0 Å². The Hall–Kier alpha value is -0.110. The van der Waals surface area contributed by atoms with Gasteiger partial charge >= 0.3 is 0 Å². The van der Waals surface area contributed by atoms with E-state index >= 15 is 0 Å². The van der Waals surface area contributed by atoms with Crippen LogP contribution in [0.2, 0.25) is 0 Å². The van der Waals surface area contributed by atoms with Gasteiger partial charge in [0.05, 0.1) is 4.99 Å². The predicted molar refractivity (Wildman–Crippen MR) is 55.0 cm³/mol. The molecule has 0 aliphatic heterocycles. The van der Waals surface area contributed by atoms with Crippen molar-refractivity contribution in [2.45, 2.75) is 46.6 Å². The van der Waals surface area contributed by atoms with Gasteiger partial charge in [-0.1, -0.05) is 26.1 Å². The number of thiocarbonyl (C=S) groups is 1. The molecule has 0 saturated carbocycles. The van der Waals surface area contributed by atoms with Crippen molar-refractivity contribution in [3.05, 3.63) is 0 Å². The molecule has 11 heavy (non-hydrogen) atoms. The van der Waals surface area contributed by atoms with Gasteiger partial charge in [-0.05, 0) is 26.7 Å². The Kier molecular flexibility index (Phi) is 5.47. The van der Waals surface area contributed by atoms with Gasteiger partial charge in [-0.25, -0.2) is 0 Å². The second-order valence-corrected chi connectivity index (χ2v) is 3.51. The molecular weight excluding hydrogens is 154 g/mol. The van der Waals surface area contributed by atoms with Crippen LogP contribution in [0, 0.1) is 0 Å². The van der Waals surface area contributed by atoms with E-state index in [1.807, 2.05) is 0 Å². The minimum Gasteiger partial charge on any atom is -0.364 e. The van der Waals surface area contributed by atoms with Crippen molar-refractivity contribution in [1.82, 2.24) is 4.90 Å². The van der Waals surface area contributed by atoms with E-state index in [1.165, 1.54) is 6.42 Å². The summed E-state index contributed by atoms with van der Waals surface area (Å²) in [5.74, 6) is 0. The van der Waals surface area contributed by atoms with Crippen molar-refractivity contribution in [2.24, 2.45) is 0 Å². The van der Waals surface area contributed by atoms with Gasteiger partial charge < -0.3 is 4.90 Å². The number of hydrogen-bond acceptors (Lipinski definition) is 1. The minimum absolute atomic E-state index is 0.558. The second kappa shape index (κ2) is 5.53. The van der Waals surface area contributed by atoms with Gasteiger partial charge in [-0.2, -0.15) is 0 Å². The fourth-order valence-corrected chi connectivity index (χ4v) is 1.42. The first-order chi connectivity index (χ1) is 5.13. The molecule has 0 aromatic carbocycles. The van der Waals surface area contributed by atoms with Crippen molar-refractivity contribution in [3.8, 4) is 0 Å². The van der Waals surface area contributed by atoms with Crippen LogP contribution in [0.3, 0.4) is 0 Å². The lowest BCUT2D eigenvalue weighted by Crippen LogP contribution is -2.35. The topological polar surface area (TPSA) is 3.24 Å². The zero-order chi connectivity index (χ0) is 8.85. The molecule has 0 amide bonds. The Morgan fingerprint density at radius 2 is 1.91 bits per heavy atom. The largest absolute Gasteiger partial charge is 0.364 e. The molecule has 1 nitrogen and oxygen atoms in total. The summed E-state index contributed by atoms with van der Waals surface area (Å²) in [5.41, 5.74) is 0. The number of nitrogens with zero attached hydrogens (tertiary/aromatic N) is 1. The summed E-state index contributed by atoms with van der Waals surface area (Å²) in [7, 11) is 0. The fourth-order valence-electron chi connectivity index (χ4n) is 1.11. The highest BCUT2D eigenvalue weighted by molar-refractivity contribution is 7.80. The molecule has 0 heterocycles. The first-order valence-electron chi connectivity index (χ1n) is 4.42. The van der Waals surface area contributed by atoms with E-state index in [-0.39, 0.29) is 0 Å². The molecule has 0 fully saturated rings. The average Bonchev–Trinajstić information content (AvgIpc) is 1.98. The second-order valence-electron chi connectivity index (χ2n) is 3.03. The summed E-state index contributed by atoms with van der Waals surface area (Å²) in [6.45, 7) is 9.79. The molecule has 0 atom stereocenters. The van der Waals surface area contributed by atoms with E-state index in [0.29, 0.717) is 6.04 Å². The van der Waals surface area contributed by atoms with Crippen molar-refractivity contribution in [1.29, 1.82) is 0 Å². The lowest BCUT2D eigenvalue weighted by atomic mass is 10.2. The highest BCUT2D eigenvalue weighted by Crippen LogP contribution is 2.04. The van der Waals surface area contributed by atoms with Crippen LogP contribution in [0.25, 0.3) is 0 Å². The van der Waals surface area contributed by atoms with Gasteiger partial charge in [0.1, 0.15) is 0 Å². The Balaban J connectivity index is 3.98. The molecule has 0 bridgehead atoms. The van der Waals surface area contributed by atoms with Crippen molar-refractivity contribution >= 4 is 17.2 Å². The monoisotopic (exact) mass is 173 g/mol. The Morgan fingerprint density at radius 1 is 1.36 bits per heavy atom. The van der Waals surface area contributed by atoms with Gasteiger partial charge in [-0.15, -0.1) is 0 Å². The van der Waals surface area contributed by atoms with E-state index in [9.17, 15) is 0 Å². The van der Waals surface area contributed by atoms with Crippen LogP contribution in [0.15, 0.2) is 0 Å². The quantitative estimate of drug-likeness (QED) is 0.601. The molecule has 0 aromatic rings. The maximum absolute atomic E-state index is 5.24. The summed E-state index contributed by atoms with van der Waals surface area (Å²) >= 11 is 5.24.